The van der Waals surface area contributed by atoms with Gasteiger partial charge in [0.25, 0.3) is 5.91 Å². The minimum absolute atomic E-state index is 0.0516. The van der Waals surface area contributed by atoms with Crippen LogP contribution in [0.5, 0.6) is 0 Å². The van der Waals surface area contributed by atoms with Crippen LogP contribution in [0.25, 0.3) is 21.3 Å². The Morgan fingerprint density at radius 2 is 1.81 bits per heavy atom. The molecule has 42 heavy (non-hydrogen) atoms. The Labute approximate surface area is 255 Å². The summed E-state index contributed by atoms with van der Waals surface area (Å²) in [4.78, 5) is 36.7. The van der Waals surface area contributed by atoms with E-state index in [0.717, 1.165) is 26.9 Å². The molecule has 0 saturated carbocycles. The number of nitrogens with one attached hydrogen (secondary N) is 2. The molecule has 1 saturated heterocycles. The lowest BCUT2D eigenvalue weighted by Gasteiger charge is -2.45. The third-order valence-electron chi connectivity index (χ3n) is 7.70. The molecule has 1 aromatic heterocycles. The van der Waals surface area contributed by atoms with Crippen molar-refractivity contribution >= 4 is 51.5 Å². The van der Waals surface area contributed by atoms with Gasteiger partial charge in [-0.15, -0.1) is 11.3 Å². The third-order valence-corrected chi connectivity index (χ3v) is 9.15. The van der Waals surface area contributed by atoms with Gasteiger partial charge in [-0.1, -0.05) is 66.2 Å². The number of halogens is 1. The van der Waals surface area contributed by atoms with Gasteiger partial charge in [0.05, 0.1) is 12.1 Å². The summed E-state index contributed by atoms with van der Waals surface area (Å²) in [6, 6.07) is 21.4. The summed E-state index contributed by atoms with van der Waals surface area (Å²) in [7, 11) is 0. The largest absolute Gasteiger partial charge is 0.370 e. The maximum atomic E-state index is 14.0. The highest BCUT2D eigenvalue weighted by molar-refractivity contribution is 7.17. The first-order valence-corrected chi connectivity index (χ1v) is 15.3. The number of fused-ring (bicyclic) bond motifs is 1. The summed E-state index contributed by atoms with van der Waals surface area (Å²) in [5.41, 5.74) is 8.04. The van der Waals surface area contributed by atoms with Crippen molar-refractivity contribution in [3.05, 3.63) is 87.9 Å². The van der Waals surface area contributed by atoms with Crippen molar-refractivity contribution in [3.8, 4) is 10.6 Å². The van der Waals surface area contributed by atoms with Gasteiger partial charge in [-0.3, -0.25) is 15.0 Å². The molecule has 8 nitrogen and oxygen atoms in total. The number of guanidine groups is 1. The van der Waals surface area contributed by atoms with Crippen LogP contribution in [0.3, 0.4) is 0 Å². The predicted molar refractivity (Wildman–Crippen MR) is 170 cm³/mol. The van der Waals surface area contributed by atoms with E-state index in [1.54, 1.807) is 0 Å². The zero-order chi connectivity index (χ0) is 29.8. The molecule has 4 N–H and O–H groups in total. The van der Waals surface area contributed by atoms with E-state index < -0.39 is 0 Å². The lowest BCUT2D eigenvalue weighted by Crippen LogP contribution is -2.60. The van der Waals surface area contributed by atoms with Gasteiger partial charge in [-0.2, -0.15) is 0 Å². The van der Waals surface area contributed by atoms with Crippen molar-refractivity contribution in [2.24, 2.45) is 5.73 Å². The van der Waals surface area contributed by atoms with Crippen molar-refractivity contribution in [3.63, 3.8) is 0 Å². The van der Waals surface area contributed by atoms with Gasteiger partial charge >= 0.3 is 0 Å². The normalized spacial score (nSPS) is 16.9. The van der Waals surface area contributed by atoms with Crippen LogP contribution in [0, 0.1) is 12.3 Å². The van der Waals surface area contributed by atoms with E-state index in [9.17, 15) is 9.59 Å². The number of aromatic nitrogens is 1. The molecular weight excluding hydrogens is 568 g/mol. The van der Waals surface area contributed by atoms with Crippen molar-refractivity contribution in [1.82, 2.24) is 20.1 Å². The Balaban J connectivity index is 1.35. The molecule has 2 atom stereocenters. The predicted octanol–water partition coefficient (Wildman–Crippen LogP) is 5.47. The SMILES string of the molecule is Cc1nc(-c2ccc(Cl)cc2)sc1C(=O)N1C[C@@H](C)N(C(=O)Cc2ccc3ccccc3c2)C[C@@H]1CCCNC(=N)N. The summed E-state index contributed by atoms with van der Waals surface area (Å²) in [6.07, 6.45) is 1.67. The molecule has 5 rings (SSSR count). The topological polar surface area (TPSA) is 115 Å². The summed E-state index contributed by atoms with van der Waals surface area (Å²) < 4.78 is 0. The number of aryl methyl sites for hydroxylation is 1. The Morgan fingerprint density at radius 1 is 1.07 bits per heavy atom. The number of hydrogen-bond acceptors (Lipinski definition) is 5. The van der Waals surface area contributed by atoms with Gasteiger partial charge in [-0.05, 0) is 55.2 Å². The summed E-state index contributed by atoms with van der Waals surface area (Å²) in [5.74, 6) is -0.0960. The number of carbonyl (C=O) groups excluding carboxylic acids is 2. The lowest BCUT2D eigenvalue weighted by molar-refractivity contribution is -0.136. The van der Waals surface area contributed by atoms with Gasteiger partial charge in [0.2, 0.25) is 5.91 Å². The van der Waals surface area contributed by atoms with E-state index in [0.29, 0.717) is 54.5 Å². The van der Waals surface area contributed by atoms with E-state index in [4.69, 9.17) is 27.7 Å². The van der Waals surface area contributed by atoms with Gasteiger partial charge in [0, 0.05) is 42.3 Å². The molecular formula is C32H35ClN6O2S. The minimum Gasteiger partial charge on any atom is -0.370 e. The molecule has 2 amide bonds. The summed E-state index contributed by atoms with van der Waals surface area (Å²) in [6.45, 7) is 5.27. The number of hydrogen-bond donors (Lipinski definition) is 3. The number of benzene rings is 3. The van der Waals surface area contributed by atoms with Crippen molar-refractivity contribution in [1.29, 1.82) is 5.41 Å². The van der Waals surface area contributed by atoms with Crippen LogP contribution in [0.2, 0.25) is 5.02 Å². The average molecular weight is 603 g/mol. The first-order valence-electron chi connectivity index (χ1n) is 14.1. The molecule has 0 unspecified atom stereocenters. The van der Waals surface area contributed by atoms with E-state index in [1.165, 1.54) is 11.3 Å². The van der Waals surface area contributed by atoms with Crippen molar-refractivity contribution in [2.75, 3.05) is 19.6 Å². The molecule has 10 heteroatoms. The molecule has 2 heterocycles. The van der Waals surface area contributed by atoms with E-state index in [2.05, 4.69) is 29.6 Å². The van der Waals surface area contributed by atoms with Crippen LogP contribution >= 0.6 is 22.9 Å². The fraction of sp³-hybridized carbons (Fsp3) is 0.312. The Morgan fingerprint density at radius 3 is 2.55 bits per heavy atom. The second-order valence-electron chi connectivity index (χ2n) is 10.8. The smallest absolute Gasteiger partial charge is 0.266 e. The van der Waals surface area contributed by atoms with Crippen LogP contribution in [-0.4, -0.2) is 64.3 Å². The molecule has 1 fully saturated rings. The summed E-state index contributed by atoms with van der Waals surface area (Å²) in [5, 5.41) is 14.0. The zero-order valence-corrected chi connectivity index (χ0v) is 25.3. The Kier molecular flexibility index (Phi) is 9.09. The first kappa shape index (κ1) is 29.5. The minimum atomic E-state index is -0.177. The first-order chi connectivity index (χ1) is 20.2. The molecule has 0 spiro atoms. The van der Waals surface area contributed by atoms with Crippen LogP contribution in [0.1, 0.15) is 40.7 Å². The molecule has 4 aromatic rings. The Hall–Kier alpha value is -3.95. The number of thiazole rings is 1. The molecule has 0 aliphatic carbocycles. The molecule has 0 bridgehead atoms. The van der Waals surface area contributed by atoms with Gasteiger partial charge in [-0.25, -0.2) is 4.98 Å². The van der Waals surface area contributed by atoms with Crippen LogP contribution in [0.4, 0.5) is 0 Å². The maximum absolute atomic E-state index is 14.0. The summed E-state index contributed by atoms with van der Waals surface area (Å²) >= 11 is 7.44. The quantitative estimate of drug-likeness (QED) is 0.140. The number of amides is 2. The second kappa shape index (κ2) is 12.9. The third kappa shape index (κ3) is 6.74. The number of carbonyl (C=O) groups is 2. The monoisotopic (exact) mass is 602 g/mol. The highest BCUT2D eigenvalue weighted by Crippen LogP contribution is 2.31. The molecule has 0 radical (unpaired) electrons. The van der Waals surface area contributed by atoms with Crippen LogP contribution in [-0.2, 0) is 11.2 Å². The average Bonchev–Trinajstić information content (AvgIpc) is 3.36. The fourth-order valence-corrected chi connectivity index (χ4v) is 6.66. The number of rotatable bonds is 8. The van der Waals surface area contributed by atoms with Gasteiger partial charge in [0.15, 0.2) is 5.96 Å². The standard InChI is InChI=1S/C32H35ClN6O2S/c1-20-18-39(31(41)29-21(2)37-30(42-29)24-11-13-26(33)14-12-24)27(8-5-15-36-32(34)35)19-38(20)28(40)17-22-9-10-23-6-3-4-7-25(23)16-22/h3-4,6-7,9-14,16,20,27H,5,8,15,17-19H2,1-2H3,(H4,34,35,36)/t20-,27+/m1/s1. The number of piperazine rings is 1. The fourth-order valence-electron chi connectivity index (χ4n) is 5.51. The zero-order valence-electron chi connectivity index (χ0n) is 23.8. The van der Waals surface area contributed by atoms with Gasteiger partial charge in [0.1, 0.15) is 9.88 Å². The maximum Gasteiger partial charge on any atom is 0.266 e. The highest BCUT2D eigenvalue weighted by Gasteiger charge is 2.37. The van der Waals surface area contributed by atoms with E-state index >= 15 is 0 Å². The molecule has 1 aliphatic heterocycles. The molecule has 3 aromatic carbocycles. The van der Waals surface area contributed by atoms with E-state index in [1.807, 2.05) is 66.1 Å². The second-order valence-corrected chi connectivity index (χ2v) is 12.2. The highest BCUT2D eigenvalue weighted by atomic mass is 35.5. The number of nitrogens with two attached hydrogens (primary N) is 1. The molecule has 1 aliphatic rings. The molecule has 218 valence electrons. The van der Waals surface area contributed by atoms with Gasteiger partial charge < -0.3 is 20.9 Å². The number of nitrogens with zero attached hydrogens (tertiary/aromatic N) is 3. The van der Waals surface area contributed by atoms with Crippen LogP contribution < -0.4 is 11.1 Å². The van der Waals surface area contributed by atoms with Crippen LogP contribution in [0.15, 0.2) is 66.7 Å². The van der Waals surface area contributed by atoms with Crippen molar-refractivity contribution < 1.29 is 9.59 Å². The van der Waals surface area contributed by atoms with E-state index in [-0.39, 0.29) is 29.9 Å². The lowest BCUT2D eigenvalue weighted by atomic mass is 10.00. The Bertz CT molecular complexity index is 1600. The van der Waals surface area contributed by atoms with Crippen molar-refractivity contribution in [2.45, 2.75) is 45.2 Å².